The second-order valence-electron chi connectivity index (χ2n) is 3.24. The van der Waals surface area contributed by atoms with Gasteiger partial charge in [0.25, 0.3) is 0 Å². The Morgan fingerprint density at radius 1 is 1.41 bits per heavy atom. The van der Waals surface area contributed by atoms with Gasteiger partial charge in [0, 0.05) is 6.54 Å². The van der Waals surface area contributed by atoms with E-state index in [1.165, 1.54) is 6.08 Å². The van der Waals surface area contributed by atoms with E-state index in [-0.39, 0.29) is 19.6 Å². The minimum atomic E-state index is -1.65. The Labute approximate surface area is 98.7 Å². The molecule has 0 saturated heterocycles. The molecule has 0 aromatic rings. The number of hydrogen-bond acceptors (Lipinski definition) is 6. The number of nitrogens with one attached hydrogen (secondary N) is 1. The number of alkyl carbamates (subject to hydrolysis) is 1. The Kier molecular flexibility index (Phi) is 7.95. The zero-order valence-electron chi connectivity index (χ0n) is 9.33. The molecular weight excluding hydrogens is 230 g/mol. The predicted molar refractivity (Wildman–Crippen MR) is 58.3 cm³/mol. The average Bonchev–Trinajstić information content (AvgIpc) is 2.34. The van der Waals surface area contributed by atoms with E-state index >= 15 is 0 Å². The van der Waals surface area contributed by atoms with Crippen LogP contribution in [-0.4, -0.2) is 59.2 Å². The van der Waals surface area contributed by atoms with Gasteiger partial charge in [-0.1, -0.05) is 12.7 Å². The van der Waals surface area contributed by atoms with Crippen LogP contribution in [0.3, 0.4) is 0 Å². The molecule has 7 heteroatoms. The fourth-order valence-electron chi connectivity index (χ4n) is 0.974. The van der Waals surface area contributed by atoms with E-state index in [0.29, 0.717) is 0 Å². The molecule has 0 radical (unpaired) electrons. The quantitative estimate of drug-likeness (QED) is 0.391. The number of ether oxygens (including phenoxy) is 1. The summed E-state index contributed by atoms with van der Waals surface area (Å²) in [6.45, 7) is 2.62. The molecule has 7 nitrogen and oxygen atoms in total. The van der Waals surface area contributed by atoms with Crippen molar-refractivity contribution >= 4 is 11.9 Å². The lowest BCUT2D eigenvalue weighted by Crippen LogP contribution is -2.38. The summed E-state index contributed by atoms with van der Waals surface area (Å²) in [6.07, 6.45) is -2.30. The highest BCUT2D eigenvalue weighted by molar-refractivity contribution is 5.84. The molecule has 0 bridgehead atoms. The predicted octanol–water partition coefficient (Wildman–Crippen LogP) is -1.43. The van der Waals surface area contributed by atoms with Crippen LogP contribution in [-0.2, 0) is 9.53 Å². The topological polar surface area (TPSA) is 116 Å². The van der Waals surface area contributed by atoms with Crippen molar-refractivity contribution in [1.82, 2.24) is 5.32 Å². The van der Waals surface area contributed by atoms with Gasteiger partial charge < -0.3 is 25.4 Å². The number of amides is 1. The van der Waals surface area contributed by atoms with E-state index in [0.717, 1.165) is 0 Å². The number of rotatable bonds is 8. The van der Waals surface area contributed by atoms with E-state index < -0.39 is 30.7 Å². The third-order valence-electron chi connectivity index (χ3n) is 1.89. The van der Waals surface area contributed by atoms with Gasteiger partial charge in [-0.05, 0) is 6.42 Å². The summed E-state index contributed by atoms with van der Waals surface area (Å²) >= 11 is 0. The first kappa shape index (κ1) is 15.6. The Hall–Kier alpha value is -1.44. The minimum absolute atomic E-state index is 0.0317. The Bertz CT molecular complexity index is 268. The van der Waals surface area contributed by atoms with Crippen molar-refractivity contribution in [3.8, 4) is 0 Å². The zero-order chi connectivity index (χ0) is 13.3. The molecule has 4 N–H and O–H groups in total. The van der Waals surface area contributed by atoms with Crippen molar-refractivity contribution in [2.75, 3.05) is 19.8 Å². The maximum atomic E-state index is 10.9. The fourth-order valence-corrected chi connectivity index (χ4v) is 0.974. The van der Waals surface area contributed by atoms with E-state index in [4.69, 9.17) is 5.11 Å². The number of carbonyl (C=O) groups is 2. The molecule has 0 saturated carbocycles. The van der Waals surface area contributed by atoms with Gasteiger partial charge >= 0.3 is 6.09 Å². The van der Waals surface area contributed by atoms with Crippen LogP contribution in [0, 0.1) is 0 Å². The van der Waals surface area contributed by atoms with Gasteiger partial charge in [-0.3, -0.25) is 4.79 Å². The van der Waals surface area contributed by atoms with Crippen LogP contribution in [0.2, 0.25) is 0 Å². The Morgan fingerprint density at radius 3 is 2.59 bits per heavy atom. The molecular formula is C10H17NO6. The molecule has 98 valence electrons. The van der Waals surface area contributed by atoms with Gasteiger partial charge in [-0.15, -0.1) is 0 Å². The largest absolute Gasteiger partial charge is 0.445 e. The summed E-state index contributed by atoms with van der Waals surface area (Å²) in [7, 11) is 0. The molecule has 0 unspecified atom stereocenters. The summed E-state index contributed by atoms with van der Waals surface area (Å²) in [5, 5.41) is 29.2. The smallest absolute Gasteiger partial charge is 0.407 e. The maximum absolute atomic E-state index is 10.9. The van der Waals surface area contributed by atoms with Gasteiger partial charge in [0.15, 0.2) is 5.78 Å². The van der Waals surface area contributed by atoms with Crippen LogP contribution in [0.25, 0.3) is 0 Å². The molecule has 0 heterocycles. The van der Waals surface area contributed by atoms with E-state index in [9.17, 15) is 19.8 Å². The summed E-state index contributed by atoms with van der Waals surface area (Å²) in [5.74, 6) is -0.869. The van der Waals surface area contributed by atoms with Crippen LogP contribution in [0.15, 0.2) is 12.7 Å². The highest BCUT2D eigenvalue weighted by Gasteiger charge is 2.22. The number of carbonyl (C=O) groups excluding carboxylic acids is 2. The van der Waals surface area contributed by atoms with E-state index in [2.05, 4.69) is 16.6 Å². The lowest BCUT2D eigenvalue weighted by Gasteiger charge is -2.15. The average molecular weight is 247 g/mol. The number of ketones is 1. The molecule has 0 aromatic heterocycles. The molecule has 0 aliphatic heterocycles. The lowest BCUT2D eigenvalue weighted by atomic mass is 10.1. The normalized spacial score (nSPS) is 13.6. The van der Waals surface area contributed by atoms with Crippen molar-refractivity contribution in [2.24, 2.45) is 0 Å². The first-order valence-corrected chi connectivity index (χ1v) is 5.04. The molecule has 0 aliphatic carbocycles. The van der Waals surface area contributed by atoms with Gasteiger partial charge in [0.1, 0.15) is 19.3 Å². The molecule has 2 atom stereocenters. The number of aliphatic hydroxyl groups excluding tert-OH is 3. The fraction of sp³-hybridized carbons (Fsp3) is 0.600. The summed E-state index contributed by atoms with van der Waals surface area (Å²) in [4.78, 5) is 21.7. The van der Waals surface area contributed by atoms with Gasteiger partial charge in [-0.2, -0.15) is 0 Å². The molecule has 17 heavy (non-hydrogen) atoms. The van der Waals surface area contributed by atoms with Gasteiger partial charge in [-0.25, -0.2) is 4.79 Å². The maximum Gasteiger partial charge on any atom is 0.407 e. The molecule has 1 amide bonds. The summed E-state index contributed by atoms with van der Waals surface area (Å²) in [6, 6.07) is 0. The summed E-state index contributed by atoms with van der Waals surface area (Å²) in [5.41, 5.74) is 0. The first-order valence-electron chi connectivity index (χ1n) is 5.04. The summed E-state index contributed by atoms with van der Waals surface area (Å²) < 4.78 is 4.58. The second kappa shape index (κ2) is 8.68. The Morgan fingerprint density at radius 2 is 2.06 bits per heavy atom. The minimum Gasteiger partial charge on any atom is -0.445 e. The van der Waals surface area contributed by atoms with Crippen LogP contribution in [0.4, 0.5) is 4.79 Å². The van der Waals surface area contributed by atoms with Crippen LogP contribution in [0.5, 0.6) is 0 Å². The van der Waals surface area contributed by atoms with E-state index in [1.807, 2.05) is 0 Å². The standard InChI is InChI=1S/C10H17NO6/c1-2-5-17-10(16)11-4-3-7(13)9(15)8(14)6-12/h2,7,9,12-13,15H,1,3-6H2,(H,11,16)/t7-,9+/m1/s1. The SMILES string of the molecule is C=CCOC(=O)NCC[C@@H](O)[C@H](O)C(=O)CO. The van der Waals surface area contributed by atoms with Crippen molar-refractivity contribution in [2.45, 2.75) is 18.6 Å². The van der Waals surface area contributed by atoms with Crippen molar-refractivity contribution in [1.29, 1.82) is 0 Å². The van der Waals surface area contributed by atoms with Crippen LogP contribution >= 0.6 is 0 Å². The molecule has 0 aliphatic rings. The molecule has 0 aromatic carbocycles. The molecule has 0 fully saturated rings. The first-order chi connectivity index (χ1) is 8.02. The zero-order valence-corrected chi connectivity index (χ0v) is 9.33. The van der Waals surface area contributed by atoms with Crippen molar-refractivity contribution < 1.29 is 29.6 Å². The molecule has 0 rings (SSSR count). The monoisotopic (exact) mass is 247 g/mol. The number of hydrogen-bond donors (Lipinski definition) is 4. The van der Waals surface area contributed by atoms with Gasteiger partial charge in [0.2, 0.25) is 0 Å². The highest BCUT2D eigenvalue weighted by Crippen LogP contribution is 1.99. The Balaban J connectivity index is 3.77. The van der Waals surface area contributed by atoms with Crippen molar-refractivity contribution in [3.05, 3.63) is 12.7 Å². The second-order valence-corrected chi connectivity index (χ2v) is 3.24. The van der Waals surface area contributed by atoms with E-state index in [1.54, 1.807) is 0 Å². The number of aliphatic hydroxyl groups is 3. The van der Waals surface area contributed by atoms with Crippen molar-refractivity contribution in [3.63, 3.8) is 0 Å². The third-order valence-corrected chi connectivity index (χ3v) is 1.89. The van der Waals surface area contributed by atoms with Crippen LogP contribution in [0.1, 0.15) is 6.42 Å². The van der Waals surface area contributed by atoms with Gasteiger partial charge in [0.05, 0.1) is 6.10 Å². The third kappa shape index (κ3) is 6.67. The lowest BCUT2D eigenvalue weighted by molar-refractivity contribution is -0.135. The molecule has 0 spiro atoms. The van der Waals surface area contributed by atoms with Crippen LogP contribution < -0.4 is 5.32 Å². The highest BCUT2D eigenvalue weighted by atomic mass is 16.5. The number of Topliss-reactive ketones (excluding diaryl/α,β-unsaturated/α-hetero) is 1.